The third-order valence-corrected chi connectivity index (χ3v) is 3.46. The Hall–Kier alpha value is -0.740. The predicted octanol–water partition coefficient (Wildman–Crippen LogP) is 4.21. The summed E-state index contributed by atoms with van der Waals surface area (Å²) in [5.41, 5.74) is 3.85. The molecular formula is C13H12Br2N2. The Morgan fingerprint density at radius 2 is 1.59 bits per heavy atom. The van der Waals surface area contributed by atoms with E-state index in [1.165, 1.54) is 16.7 Å². The molecule has 1 heterocycles. The Balaban J connectivity index is 2.28. The van der Waals surface area contributed by atoms with Gasteiger partial charge in [-0.2, -0.15) is 0 Å². The Morgan fingerprint density at radius 1 is 0.941 bits per heavy atom. The van der Waals surface area contributed by atoms with E-state index >= 15 is 0 Å². The number of aromatic nitrogens is 2. The van der Waals surface area contributed by atoms with Gasteiger partial charge in [-0.05, 0) is 62.4 Å². The van der Waals surface area contributed by atoms with E-state index in [0.29, 0.717) is 0 Å². The first-order valence-electron chi connectivity index (χ1n) is 5.29. The Morgan fingerprint density at radius 3 is 2.18 bits per heavy atom. The zero-order valence-electron chi connectivity index (χ0n) is 9.67. The molecule has 1 aromatic heterocycles. The summed E-state index contributed by atoms with van der Waals surface area (Å²) in [5, 5.41) is 0. The number of nitrogens with zero attached hydrogens (tertiary/aromatic N) is 2. The van der Waals surface area contributed by atoms with Crippen LogP contribution >= 0.6 is 31.9 Å². The normalized spacial score (nSPS) is 10.6. The first-order chi connectivity index (χ1) is 8.04. The molecule has 2 rings (SSSR count). The number of hydrogen-bond acceptors (Lipinski definition) is 2. The van der Waals surface area contributed by atoms with Crippen molar-refractivity contribution in [2.75, 3.05) is 0 Å². The molecule has 0 spiro atoms. The lowest BCUT2D eigenvalue weighted by Crippen LogP contribution is -1.98. The van der Waals surface area contributed by atoms with Crippen molar-refractivity contribution >= 4 is 31.9 Å². The van der Waals surface area contributed by atoms with E-state index in [-0.39, 0.29) is 0 Å². The summed E-state index contributed by atoms with van der Waals surface area (Å²) in [4.78, 5) is 8.71. The van der Waals surface area contributed by atoms with E-state index < -0.39 is 0 Å². The average molecular weight is 356 g/mol. The molecule has 0 aliphatic rings. The SMILES string of the molecule is Cc1ccc(Cc2nc(Br)cc(Br)n2)cc1C. The molecule has 0 radical (unpaired) electrons. The molecule has 0 saturated carbocycles. The summed E-state index contributed by atoms with van der Waals surface area (Å²) >= 11 is 6.74. The summed E-state index contributed by atoms with van der Waals surface area (Å²) < 4.78 is 1.61. The molecule has 88 valence electrons. The zero-order chi connectivity index (χ0) is 12.4. The second-order valence-electron chi connectivity index (χ2n) is 4.03. The first-order valence-corrected chi connectivity index (χ1v) is 6.88. The van der Waals surface area contributed by atoms with Crippen LogP contribution in [-0.4, -0.2) is 9.97 Å². The largest absolute Gasteiger partial charge is 0.226 e. The smallest absolute Gasteiger partial charge is 0.135 e. The second-order valence-corrected chi connectivity index (χ2v) is 5.65. The van der Waals surface area contributed by atoms with E-state index in [1.54, 1.807) is 0 Å². The molecule has 17 heavy (non-hydrogen) atoms. The monoisotopic (exact) mass is 354 g/mol. The minimum atomic E-state index is 0.749. The lowest BCUT2D eigenvalue weighted by molar-refractivity contribution is 0.939. The van der Waals surface area contributed by atoms with Crippen LogP contribution in [0, 0.1) is 13.8 Å². The lowest BCUT2D eigenvalue weighted by atomic mass is 10.0. The summed E-state index contributed by atoms with van der Waals surface area (Å²) in [5.74, 6) is 0.814. The summed E-state index contributed by atoms with van der Waals surface area (Å²) in [6.45, 7) is 4.24. The van der Waals surface area contributed by atoms with Crippen molar-refractivity contribution in [1.29, 1.82) is 0 Å². The van der Waals surface area contributed by atoms with Crippen molar-refractivity contribution in [1.82, 2.24) is 9.97 Å². The van der Waals surface area contributed by atoms with E-state index in [2.05, 4.69) is 73.9 Å². The average Bonchev–Trinajstić information content (AvgIpc) is 2.22. The quantitative estimate of drug-likeness (QED) is 0.754. The highest BCUT2D eigenvalue weighted by molar-refractivity contribution is 9.11. The van der Waals surface area contributed by atoms with Crippen molar-refractivity contribution in [3.63, 3.8) is 0 Å². The van der Waals surface area contributed by atoms with Crippen LogP contribution in [0.1, 0.15) is 22.5 Å². The number of rotatable bonds is 2. The summed E-state index contributed by atoms with van der Waals surface area (Å²) in [6.07, 6.45) is 0.749. The van der Waals surface area contributed by atoms with Gasteiger partial charge in [0.1, 0.15) is 15.0 Å². The number of benzene rings is 1. The highest BCUT2D eigenvalue weighted by Gasteiger charge is 2.04. The van der Waals surface area contributed by atoms with Gasteiger partial charge < -0.3 is 0 Å². The summed E-state index contributed by atoms with van der Waals surface area (Å²) in [6, 6.07) is 8.29. The van der Waals surface area contributed by atoms with Crippen LogP contribution in [0.5, 0.6) is 0 Å². The van der Waals surface area contributed by atoms with Gasteiger partial charge in [0.05, 0.1) is 0 Å². The van der Waals surface area contributed by atoms with Gasteiger partial charge in [0.15, 0.2) is 0 Å². The first kappa shape index (κ1) is 12.7. The van der Waals surface area contributed by atoms with Gasteiger partial charge in [-0.15, -0.1) is 0 Å². The maximum atomic E-state index is 4.36. The maximum absolute atomic E-state index is 4.36. The zero-order valence-corrected chi connectivity index (χ0v) is 12.8. The van der Waals surface area contributed by atoms with Gasteiger partial charge in [0.2, 0.25) is 0 Å². The third-order valence-electron chi connectivity index (χ3n) is 2.64. The standard InChI is InChI=1S/C13H12Br2N2/c1-8-3-4-10(5-9(8)2)6-13-16-11(14)7-12(15)17-13/h3-5,7H,6H2,1-2H3. The van der Waals surface area contributed by atoms with Crippen LogP contribution in [0.25, 0.3) is 0 Å². The second kappa shape index (κ2) is 5.27. The van der Waals surface area contributed by atoms with E-state index in [1.807, 2.05) is 6.07 Å². The Bertz CT molecular complexity index is 533. The van der Waals surface area contributed by atoms with Crippen molar-refractivity contribution < 1.29 is 0 Å². The fraction of sp³-hybridized carbons (Fsp3) is 0.231. The van der Waals surface area contributed by atoms with Gasteiger partial charge in [0.25, 0.3) is 0 Å². The van der Waals surface area contributed by atoms with Gasteiger partial charge in [-0.25, -0.2) is 9.97 Å². The number of aryl methyl sites for hydroxylation is 2. The van der Waals surface area contributed by atoms with Gasteiger partial charge in [-0.1, -0.05) is 18.2 Å². The van der Waals surface area contributed by atoms with Crippen LogP contribution in [0.15, 0.2) is 33.5 Å². The Kier molecular flexibility index (Phi) is 3.94. The third kappa shape index (κ3) is 3.36. The number of halogens is 2. The van der Waals surface area contributed by atoms with E-state index in [0.717, 1.165) is 21.5 Å². The highest BCUT2D eigenvalue weighted by atomic mass is 79.9. The van der Waals surface area contributed by atoms with Crippen molar-refractivity contribution in [2.24, 2.45) is 0 Å². The van der Waals surface area contributed by atoms with Crippen LogP contribution in [0.3, 0.4) is 0 Å². The Labute approximate surface area is 118 Å². The van der Waals surface area contributed by atoms with Crippen LogP contribution in [0.4, 0.5) is 0 Å². The molecule has 0 bridgehead atoms. The fourth-order valence-corrected chi connectivity index (χ4v) is 2.76. The highest BCUT2D eigenvalue weighted by Crippen LogP contribution is 2.16. The van der Waals surface area contributed by atoms with Gasteiger partial charge >= 0.3 is 0 Å². The molecule has 0 atom stereocenters. The molecule has 0 saturated heterocycles. The molecule has 0 aliphatic heterocycles. The minimum absolute atomic E-state index is 0.749. The van der Waals surface area contributed by atoms with Crippen molar-refractivity contribution in [3.8, 4) is 0 Å². The van der Waals surface area contributed by atoms with Crippen LogP contribution < -0.4 is 0 Å². The predicted molar refractivity (Wildman–Crippen MR) is 76.2 cm³/mol. The van der Waals surface area contributed by atoms with Gasteiger partial charge in [-0.3, -0.25) is 0 Å². The molecule has 0 fully saturated rings. The van der Waals surface area contributed by atoms with Crippen molar-refractivity contribution in [2.45, 2.75) is 20.3 Å². The minimum Gasteiger partial charge on any atom is -0.226 e. The molecule has 4 heteroatoms. The van der Waals surface area contributed by atoms with E-state index in [9.17, 15) is 0 Å². The fourth-order valence-electron chi connectivity index (χ4n) is 1.61. The molecule has 2 aromatic rings. The molecule has 2 nitrogen and oxygen atoms in total. The molecule has 0 N–H and O–H groups in total. The molecule has 0 aliphatic carbocycles. The maximum Gasteiger partial charge on any atom is 0.135 e. The topological polar surface area (TPSA) is 25.8 Å². The molecule has 0 amide bonds. The number of hydrogen-bond donors (Lipinski definition) is 0. The lowest BCUT2D eigenvalue weighted by Gasteiger charge is -2.05. The molecular weight excluding hydrogens is 344 g/mol. The van der Waals surface area contributed by atoms with Gasteiger partial charge in [0, 0.05) is 12.5 Å². The van der Waals surface area contributed by atoms with Crippen molar-refractivity contribution in [3.05, 3.63) is 56.0 Å². The summed E-state index contributed by atoms with van der Waals surface area (Å²) in [7, 11) is 0. The molecule has 1 aromatic carbocycles. The van der Waals surface area contributed by atoms with E-state index in [4.69, 9.17) is 0 Å². The van der Waals surface area contributed by atoms with Crippen LogP contribution in [-0.2, 0) is 6.42 Å². The molecule has 0 unspecified atom stereocenters. The van der Waals surface area contributed by atoms with Crippen LogP contribution in [0.2, 0.25) is 0 Å².